The number of benzene rings is 2. The van der Waals surface area contributed by atoms with Gasteiger partial charge in [-0.25, -0.2) is 0 Å². The zero-order chi connectivity index (χ0) is 36.2. The van der Waals surface area contributed by atoms with Gasteiger partial charge in [-0.3, -0.25) is 0 Å². The Morgan fingerprint density at radius 2 is 0.694 bits per heavy atom. The summed E-state index contributed by atoms with van der Waals surface area (Å²) in [5, 5.41) is 0. The Kier molecular flexibility index (Phi) is 21.3. The fourth-order valence-corrected chi connectivity index (χ4v) is 38.9. The standard InChI is InChI=1S/2C18H29O2S.2C3H7.Ti/c2*1-2-3-4-5-6-7-8-9-10-11-14-17-15-12-13-16-18(17)21(19)20;2*1-3-2;/h2*12-13,15-16H,2-11,14H2,1H3;2*3H,1-2H3;. The first-order valence-corrected chi connectivity index (χ1v) is 28.7. The molecule has 0 aliphatic rings. The molecule has 0 N–H and O–H groups in total. The van der Waals surface area contributed by atoms with Crippen LogP contribution in [0.15, 0.2) is 58.3 Å². The van der Waals surface area contributed by atoms with E-state index in [1.165, 1.54) is 89.9 Å². The van der Waals surface area contributed by atoms with Crippen molar-refractivity contribution in [1.82, 2.24) is 0 Å². The van der Waals surface area contributed by atoms with Gasteiger partial charge in [0.2, 0.25) is 0 Å². The van der Waals surface area contributed by atoms with E-state index >= 15 is 16.8 Å². The summed E-state index contributed by atoms with van der Waals surface area (Å²) in [6.07, 6.45) is 25.7. The zero-order valence-corrected chi connectivity index (χ0v) is 35.5. The van der Waals surface area contributed by atoms with Crippen LogP contribution < -0.4 is 0 Å². The van der Waals surface area contributed by atoms with Gasteiger partial charge in [-0.05, 0) is 0 Å². The normalized spacial score (nSPS) is 12.7. The molecule has 2 aromatic carbocycles. The van der Waals surface area contributed by atoms with Crippen molar-refractivity contribution in [2.45, 2.75) is 201 Å². The van der Waals surface area contributed by atoms with E-state index in [1.54, 1.807) is 24.3 Å². The van der Waals surface area contributed by atoms with Crippen LogP contribution in [0, 0.1) is 0 Å². The first kappa shape index (κ1) is 44.2. The number of hydrogen-bond acceptors (Lipinski definition) is 4. The molecule has 0 atom stereocenters. The molecule has 0 fully saturated rings. The molecule has 0 unspecified atom stereocenters. The molecule has 0 bridgehead atoms. The molecule has 7 heteroatoms. The summed E-state index contributed by atoms with van der Waals surface area (Å²) in [6, 6.07) is 14.6. The summed E-state index contributed by atoms with van der Waals surface area (Å²) < 4.78 is 59.5. The first-order chi connectivity index (χ1) is 23.5. The van der Waals surface area contributed by atoms with Crippen molar-refractivity contribution in [3.05, 3.63) is 59.7 Å². The monoisotopic (exact) mass is 752 g/mol. The molecular weight excluding hydrogens is 680 g/mol. The summed E-state index contributed by atoms with van der Waals surface area (Å²) in [5.41, 5.74) is 1.57. The van der Waals surface area contributed by atoms with Gasteiger partial charge in [0.15, 0.2) is 0 Å². The Labute approximate surface area is 304 Å². The van der Waals surface area contributed by atoms with Gasteiger partial charge in [0.1, 0.15) is 0 Å². The van der Waals surface area contributed by atoms with Gasteiger partial charge in [-0.2, -0.15) is 0 Å². The maximum atomic E-state index is 15.1. The first-order valence-electron chi connectivity index (χ1n) is 20.1. The third-order valence-corrected chi connectivity index (χ3v) is 42.4. The SMILES string of the molecule is CCCCCCCCCCCCc1ccccc1[S](=O)(=O)[Ti]([CH](C)C)([CH](C)C)[S](=O)(=O)c1ccccc1CCCCCCCCCCCC. The summed E-state index contributed by atoms with van der Waals surface area (Å²) >= 11 is -4.92. The molecule has 0 radical (unpaired) electrons. The van der Waals surface area contributed by atoms with Crippen LogP contribution in [0.2, 0.25) is 8.45 Å². The van der Waals surface area contributed by atoms with E-state index in [-0.39, 0.29) is 9.79 Å². The van der Waals surface area contributed by atoms with E-state index in [0.29, 0.717) is 12.8 Å². The van der Waals surface area contributed by atoms with E-state index in [9.17, 15) is 0 Å². The average Bonchev–Trinajstić information content (AvgIpc) is 3.06. The predicted octanol–water partition coefficient (Wildman–Crippen LogP) is 13.5. The molecule has 0 aromatic heterocycles. The van der Waals surface area contributed by atoms with Gasteiger partial charge in [0.25, 0.3) is 0 Å². The molecule has 0 saturated carbocycles. The Hall–Kier alpha value is -0.946. The number of aryl methyl sites for hydroxylation is 2. The van der Waals surface area contributed by atoms with Crippen LogP contribution in [0.3, 0.4) is 0 Å². The topological polar surface area (TPSA) is 68.3 Å². The second-order valence-electron chi connectivity index (χ2n) is 15.1. The molecule has 0 spiro atoms. The van der Waals surface area contributed by atoms with Crippen molar-refractivity contribution in [2.24, 2.45) is 0 Å². The molecular formula is C42H72O4S2Ti. The van der Waals surface area contributed by atoms with Crippen LogP contribution in [0.5, 0.6) is 0 Å². The second kappa shape index (κ2) is 23.6. The van der Waals surface area contributed by atoms with E-state index in [2.05, 4.69) is 13.8 Å². The zero-order valence-electron chi connectivity index (χ0n) is 32.3. The molecule has 280 valence electrons. The third kappa shape index (κ3) is 12.6. The van der Waals surface area contributed by atoms with E-state index in [1.807, 2.05) is 52.0 Å². The average molecular weight is 753 g/mol. The fourth-order valence-electron chi connectivity index (χ4n) is 7.95. The van der Waals surface area contributed by atoms with Crippen molar-refractivity contribution in [2.75, 3.05) is 0 Å². The van der Waals surface area contributed by atoms with Gasteiger partial charge in [-0.15, -0.1) is 0 Å². The van der Waals surface area contributed by atoms with Gasteiger partial charge in [0, 0.05) is 0 Å². The Balaban J connectivity index is 2.24. The number of rotatable bonds is 28. The minimum atomic E-state index is -4.92. The summed E-state index contributed by atoms with van der Waals surface area (Å²) in [4.78, 5) is 0.535. The van der Waals surface area contributed by atoms with Crippen molar-refractivity contribution in [3.8, 4) is 0 Å². The van der Waals surface area contributed by atoms with Crippen LogP contribution in [0.25, 0.3) is 0 Å². The molecule has 0 aliphatic heterocycles. The predicted molar refractivity (Wildman–Crippen MR) is 209 cm³/mol. The van der Waals surface area contributed by atoms with Gasteiger partial charge < -0.3 is 0 Å². The van der Waals surface area contributed by atoms with Gasteiger partial charge in [-0.1, -0.05) is 39.5 Å². The van der Waals surface area contributed by atoms with E-state index < -0.39 is 37.3 Å². The second-order valence-corrected chi connectivity index (χ2v) is 35.5. The van der Waals surface area contributed by atoms with Crippen molar-refractivity contribution >= 4 is 14.8 Å². The molecule has 0 heterocycles. The van der Waals surface area contributed by atoms with Crippen LogP contribution in [0.1, 0.15) is 181 Å². The Bertz CT molecular complexity index is 1290. The molecule has 0 aliphatic carbocycles. The van der Waals surface area contributed by atoms with Crippen LogP contribution in [0.4, 0.5) is 0 Å². The molecule has 0 amide bonds. The summed E-state index contributed by atoms with van der Waals surface area (Å²) in [7, 11) is -8.24. The van der Waals surface area contributed by atoms with Gasteiger partial charge in [0.05, 0.1) is 0 Å². The Morgan fingerprint density at radius 3 is 0.980 bits per heavy atom. The molecule has 2 aromatic rings. The van der Waals surface area contributed by atoms with E-state index in [4.69, 9.17) is 0 Å². The smallest absolute Gasteiger partial charge is 0.0654 e. The van der Waals surface area contributed by atoms with Gasteiger partial charge >= 0.3 is 267 Å². The summed E-state index contributed by atoms with van der Waals surface area (Å²) in [5.74, 6) is 0. The number of unbranched alkanes of at least 4 members (excludes halogenated alkanes) is 18. The number of hydrogen-bond donors (Lipinski definition) is 0. The van der Waals surface area contributed by atoms with Crippen LogP contribution >= 0.6 is 0 Å². The quantitative estimate of drug-likeness (QED) is 0.0641. The fraction of sp³-hybridized carbons (Fsp3) is 0.714. The third-order valence-electron chi connectivity index (χ3n) is 10.6. The minimum Gasteiger partial charge on any atom is -0.0654 e. The molecule has 49 heavy (non-hydrogen) atoms. The van der Waals surface area contributed by atoms with Crippen LogP contribution in [-0.4, -0.2) is 16.8 Å². The van der Waals surface area contributed by atoms with Crippen molar-refractivity contribution < 1.29 is 30.8 Å². The molecule has 0 saturated heterocycles. The van der Waals surface area contributed by atoms with Crippen molar-refractivity contribution in [1.29, 1.82) is 0 Å². The molecule has 2 rings (SSSR count). The van der Waals surface area contributed by atoms with Crippen molar-refractivity contribution in [3.63, 3.8) is 0 Å². The summed E-state index contributed by atoms with van der Waals surface area (Å²) in [6.45, 7) is 11.9. The maximum absolute atomic E-state index is 15.1. The van der Waals surface area contributed by atoms with E-state index in [0.717, 1.165) is 49.7 Å². The Morgan fingerprint density at radius 1 is 0.429 bits per heavy atom. The minimum absolute atomic E-state index is 0.268. The molecule has 4 nitrogen and oxygen atoms in total. The van der Waals surface area contributed by atoms with Crippen LogP contribution in [-0.2, 0) is 41.7 Å².